The molecule has 3 N–H and O–H groups in total. The lowest BCUT2D eigenvalue weighted by atomic mass is 9.99. The lowest BCUT2D eigenvalue weighted by Gasteiger charge is -2.15. The Bertz CT molecular complexity index is 465. The van der Waals surface area contributed by atoms with Crippen LogP contribution in [0.5, 0.6) is 11.5 Å². The average Bonchev–Trinajstić information content (AvgIpc) is 2.37. The summed E-state index contributed by atoms with van der Waals surface area (Å²) in [5, 5.41) is 8.73. The highest BCUT2D eigenvalue weighted by Crippen LogP contribution is 2.35. The van der Waals surface area contributed by atoms with Gasteiger partial charge in [0.25, 0.3) is 6.43 Å². The van der Waals surface area contributed by atoms with Crippen LogP contribution in [0, 0.1) is 0 Å². The number of hydrogen-bond acceptors (Lipinski definition) is 4. The number of rotatable bonds is 6. The van der Waals surface area contributed by atoms with Crippen molar-refractivity contribution in [3.8, 4) is 11.5 Å². The van der Waals surface area contributed by atoms with E-state index in [1.165, 1.54) is 20.3 Å². The van der Waals surface area contributed by atoms with E-state index in [1.807, 2.05) is 0 Å². The highest BCUT2D eigenvalue weighted by Gasteiger charge is 2.21. The van der Waals surface area contributed by atoms with Gasteiger partial charge in [0.1, 0.15) is 6.04 Å². The quantitative estimate of drug-likeness (QED) is 0.824. The van der Waals surface area contributed by atoms with E-state index in [1.54, 1.807) is 0 Å². The van der Waals surface area contributed by atoms with Crippen molar-refractivity contribution in [3.05, 3.63) is 23.3 Å². The third-order valence-electron chi connectivity index (χ3n) is 2.64. The molecule has 7 heteroatoms. The Morgan fingerprint density at radius 1 is 1.32 bits per heavy atom. The first kappa shape index (κ1) is 15.2. The summed E-state index contributed by atoms with van der Waals surface area (Å²) in [7, 11) is 2.69. The minimum Gasteiger partial charge on any atom is -0.493 e. The maximum Gasteiger partial charge on any atom is 0.320 e. The SMILES string of the molecule is COc1cc(CC(N)C(=O)O)c(C(F)F)cc1OC. The van der Waals surface area contributed by atoms with Gasteiger partial charge in [0.15, 0.2) is 11.5 Å². The zero-order valence-electron chi connectivity index (χ0n) is 10.5. The van der Waals surface area contributed by atoms with E-state index >= 15 is 0 Å². The Morgan fingerprint density at radius 3 is 2.26 bits per heavy atom. The van der Waals surface area contributed by atoms with Gasteiger partial charge >= 0.3 is 5.97 Å². The number of hydrogen-bond donors (Lipinski definition) is 2. The normalized spacial score (nSPS) is 12.3. The van der Waals surface area contributed by atoms with Crippen LogP contribution in [0.2, 0.25) is 0 Å². The number of nitrogens with two attached hydrogens (primary N) is 1. The van der Waals surface area contributed by atoms with Gasteiger partial charge in [0, 0.05) is 5.56 Å². The minimum absolute atomic E-state index is 0.127. The molecule has 0 bridgehead atoms. The van der Waals surface area contributed by atoms with Crippen molar-refractivity contribution in [1.29, 1.82) is 0 Å². The molecular formula is C12H15F2NO4. The second kappa shape index (κ2) is 6.33. The first-order valence-corrected chi connectivity index (χ1v) is 5.42. The number of benzene rings is 1. The molecule has 0 aliphatic carbocycles. The predicted octanol–water partition coefficient (Wildman–Crippen LogP) is 1.60. The molecule has 0 aromatic heterocycles. The zero-order valence-corrected chi connectivity index (χ0v) is 10.5. The number of methoxy groups -OCH3 is 2. The first-order valence-electron chi connectivity index (χ1n) is 5.42. The number of alkyl halides is 2. The third-order valence-corrected chi connectivity index (χ3v) is 2.64. The molecule has 0 saturated carbocycles. The van der Waals surface area contributed by atoms with Crippen LogP contribution >= 0.6 is 0 Å². The van der Waals surface area contributed by atoms with Gasteiger partial charge in [-0.05, 0) is 24.1 Å². The molecule has 0 heterocycles. The average molecular weight is 275 g/mol. The summed E-state index contributed by atoms with van der Waals surface area (Å²) in [6.07, 6.45) is -2.97. The van der Waals surface area contributed by atoms with E-state index < -0.39 is 18.4 Å². The monoisotopic (exact) mass is 275 g/mol. The van der Waals surface area contributed by atoms with Crippen LogP contribution in [-0.4, -0.2) is 31.3 Å². The Labute approximate surface area is 108 Å². The maximum atomic E-state index is 12.9. The van der Waals surface area contributed by atoms with Crippen LogP contribution in [0.25, 0.3) is 0 Å². The summed E-state index contributed by atoms with van der Waals surface area (Å²) < 4.78 is 35.8. The summed E-state index contributed by atoms with van der Waals surface area (Å²) in [6.45, 7) is 0. The molecular weight excluding hydrogens is 260 g/mol. The van der Waals surface area contributed by atoms with Crippen molar-refractivity contribution in [2.45, 2.75) is 18.9 Å². The van der Waals surface area contributed by atoms with E-state index in [0.29, 0.717) is 0 Å². The molecule has 0 radical (unpaired) electrons. The molecule has 1 aromatic rings. The van der Waals surface area contributed by atoms with Gasteiger partial charge in [-0.2, -0.15) is 0 Å². The van der Waals surface area contributed by atoms with Crippen LogP contribution in [0.4, 0.5) is 8.78 Å². The number of carbonyl (C=O) groups is 1. The van der Waals surface area contributed by atoms with E-state index in [-0.39, 0.29) is 29.0 Å². The molecule has 0 spiro atoms. The standard InChI is InChI=1S/C12H15F2NO4/c1-18-9-4-6(3-8(15)12(16)17)7(11(13)14)5-10(9)19-2/h4-5,8,11H,3,15H2,1-2H3,(H,16,17). The summed E-state index contributed by atoms with van der Waals surface area (Å²) in [6, 6.07) is 1.20. The van der Waals surface area contributed by atoms with Crippen molar-refractivity contribution < 1.29 is 28.2 Å². The van der Waals surface area contributed by atoms with Crippen molar-refractivity contribution in [2.24, 2.45) is 5.73 Å². The lowest BCUT2D eigenvalue weighted by Crippen LogP contribution is -2.32. The number of carboxylic acid groups (broad SMARTS) is 1. The van der Waals surface area contributed by atoms with E-state index in [9.17, 15) is 13.6 Å². The largest absolute Gasteiger partial charge is 0.493 e. The lowest BCUT2D eigenvalue weighted by molar-refractivity contribution is -0.138. The van der Waals surface area contributed by atoms with Crippen LogP contribution in [0.15, 0.2) is 12.1 Å². The van der Waals surface area contributed by atoms with E-state index in [2.05, 4.69) is 0 Å². The van der Waals surface area contributed by atoms with Gasteiger partial charge in [-0.15, -0.1) is 0 Å². The highest BCUT2D eigenvalue weighted by molar-refractivity contribution is 5.73. The number of ether oxygens (including phenoxy) is 2. The van der Waals surface area contributed by atoms with Gasteiger partial charge < -0.3 is 20.3 Å². The van der Waals surface area contributed by atoms with Gasteiger partial charge in [-0.1, -0.05) is 0 Å². The summed E-state index contributed by atoms with van der Waals surface area (Å²) in [4.78, 5) is 10.7. The Kier molecular flexibility index (Phi) is 5.05. The Balaban J connectivity index is 3.23. The van der Waals surface area contributed by atoms with Gasteiger partial charge in [0.2, 0.25) is 0 Å². The molecule has 0 fully saturated rings. The third kappa shape index (κ3) is 3.54. The molecule has 0 aliphatic heterocycles. The molecule has 1 unspecified atom stereocenters. The van der Waals surface area contributed by atoms with Crippen molar-refractivity contribution in [2.75, 3.05) is 14.2 Å². The first-order chi connectivity index (χ1) is 8.90. The molecule has 0 aliphatic rings. The van der Waals surface area contributed by atoms with Gasteiger partial charge in [-0.25, -0.2) is 8.78 Å². The summed E-state index contributed by atoms with van der Waals surface area (Å²) in [5.41, 5.74) is 5.18. The van der Waals surface area contributed by atoms with Crippen molar-refractivity contribution in [3.63, 3.8) is 0 Å². The zero-order chi connectivity index (χ0) is 14.6. The van der Waals surface area contributed by atoms with Crippen LogP contribution in [0.3, 0.4) is 0 Å². The Hall–Kier alpha value is -1.89. The second-order valence-electron chi connectivity index (χ2n) is 3.86. The molecule has 5 nitrogen and oxygen atoms in total. The minimum atomic E-state index is -2.75. The molecule has 106 valence electrons. The topological polar surface area (TPSA) is 81.8 Å². The van der Waals surface area contributed by atoms with Gasteiger partial charge in [0.05, 0.1) is 14.2 Å². The van der Waals surface area contributed by atoms with Crippen molar-refractivity contribution >= 4 is 5.97 Å². The van der Waals surface area contributed by atoms with Crippen LogP contribution < -0.4 is 15.2 Å². The molecule has 19 heavy (non-hydrogen) atoms. The smallest absolute Gasteiger partial charge is 0.320 e. The molecule has 1 atom stereocenters. The number of carboxylic acids is 1. The van der Waals surface area contributed by atoms with Crippen LogP contribution in [-0.2, 0) is 11.2 Å². The second-order valence-corrected chi connectivity index (χ2v) is 3.86. The van der Waals surface area contributed by atoms with E-state index in [0.717, 1.165) is 6.07 Å². The summed E-state index contributed by atoms with van der Waals surface area (Å²) in [5.74, 6) is -0.847. The predicted molar refractivity (Wildman–Crippen MR) is 63.8 cm³/mol. The van der Waals surface area contributed by atoms with Gasteiger partial charge in [-0.3, -0.25) is 4.79 Å². The molecule has 1 aromatic carbocycles. The summed E-state index contributed by atoms with van der Waals surface area (Å²) >= 11 is 0. The van der Waals surface area contributed by atoms with Crippen molar-refractivity contribution in [1.82, 2.24) is 0 Å². The Morgan fingerprint density at radius 2 is 1.84 bits per heavy atom. The van der Waals surface area contributed by atoms with Crippen LogP contribution in [0.1, 0.15) is 17.6 Å². The molecule has 0 saturated heterocycles. The van der Waals surface area contributed by atoms with E-state index in [4.69, 9.17) is 20.3 Å². The fourth-order valence-electron chi connectivity index (χ4n) is 1.64. The molecule has 1 rings (SSSR count). The fraction of sp³-hybridized carbons (Fsp3) is 0.417. The number of aliphatic carboxylic acids is 1. The molecule has 0 amide bonds. The number of halogens is 2. The maximum absolute atomic E-state index is 12.9. The highest BCUT2D eigenvalue weighted by atomic mass is 19.3. The fourth-order valence-corrected chi connectivity index (χ4v) is 1.64.